The molecule has 0 aliphatic heterocycles. The van der Waals surface area contributed by atoms with Crippen molar-refractivity contribution in [2.45, 2.75) is 32.6 Å². The van der Waals surface area contributed by atoms with Crippen LogP contribution in [0.1, 0.15) is 32.6 Å². The quantitative estimate of drug-likeness (QED) is 0.581. The van der Waals surface area contributed by atoms with Crippen LogP contribution in [0.2, 0.25) is 0 Å². The van der Waals surface area contributed by atoms with Gasteiger partial charge in [0.2, 0.25) is 11.8 Å². The third-order valence-electron chi connectivity index (χ3n) is 3.37. The highest BCUT2D eigenvalue weighted by Gasteiger charge is 2.19. The summed E-state index contributed by atoms with van der Waals surface area (Å²) in [5.41, 5.74) is -0.0738. The first-order chi connectivity index (χ1) is 9.20. The van der Waals surface area contributed by atoms with Gasteiger partial charge in [0.1, 0.15) is 6.20 Å². The fourth-order valence-electron chi connectivity index (χ4n) is 2.06. The average Bonchev–Trinajstić information content (AvgIpc) is 2.32. The third-order valence-corrected chi connectivity index (χ3v) is 3.37. The van der Waals surface area contributed by atoms with Gasteiger partial charge in [-0.3, -0.25) is 10.1 Å². The lowest BCUT2D eigenvalue weighted by atomic mass is 9.83. The van der Waals surface area contributed by atoms with Gasteiger partial charge in [0.15, 0.2) is 0 Å². The smallest absolute Gasteiger partial charge is 0.329 e. The van der Waals surface area contributed by atoms with E-state index in [0.717, 1.165) is 12.3 Å². The molecule has 0 radical (unpaired) electrons. The zero-order chi connectivity index (χ0) is 13.7. The van der Waals surface area contributed by atoms with Gasteiger partial charge in [-0.2, -0.15) is 4.98 Å². The van der Waals surface area contributed by atoms with Crippen LogP contribution in [0.4, 0.5) is 17.5 Å². The Balaban J connectivity index is 2.00. The summed E-state index contributed by atoms with van der Waals surface area (Å²) in [6.07, 6.45) is 6.14. The zero-order valence-electron chi connectivity index (χ0n) is 11.1. The summed E-state index contributed by atoms with van der Waals surface area (Å²) in [4.78, 5) is 18.5. The first-order valence-electron chi connectivity index (χ1n) is 6.70. The largest absolute Gasteiger partial charge is 0.364 e. The Labute approximate surface area is 112 Å². The molecule has 1 aliphatic carbocycles. The van der Waals surface area contributed by atoms with Crippen LogP contribution in [0.15, 0.2) is 6.20 Å². The van der Waals surface area contributed by atoms with Crippen LogP contribution in [0.25, 0.3) is 0 Å². The van der Waals surface area contributed by atoms with Crippen LogP contribution in [0, 0.1) is 16.0 Å². The maximum Gasteiger partial charge on any atom is 0.329 e. The lowest BCUT2D eigenvalue weighted by Gasteiger charge is -2.25. The Morgan fingerprint density at radius 2 is 2.26 bits per heavy atom. The van der Waals surface area contributed by atoms with Gasteiger partial charge in [-0.15, -0.1) is 0 Å². The Hall–Kier alpha value is -1.92. The molecule has 1 aromatic rings. The van der Waals surface area contributed by atoms with E-state index < -0.39 is 4.92 Å². The Morgan fingerprint density at radius 1 is 1.47 bits per heavy atom. The van der Waals surface area contributed by atoms with Crippen LogP contribution in [-0.2, 0) is 0 Å². The number of nitrogens with one attached hydrogen (secondary N) is 2. The summed E-state index contributed by atoms with van der Waals surface area (Å²) in [7, 11) is 0. The maximum absolute atomic E-state index is 10.9. The molecule has 7 heteroatoms. The Kier molecular flexibility index (Phi) is 4.48. The topological polar surface area (TPSA) is 93.0 Å². The van der Waals surface area contributed by atoms with Gasteiger partial charge >= 0.3 is 5.69 Å². The van der Waals surface area contributed by atoms with E-state index in [0.29, 0.717) is 24.9 Å². The monoisotopic (exact) mass is 265 g/mol. The number of rotatable bonds is 7. The molecular weight excluding hydrogens is 246 g/mol. The Bertz CT molecular complexity index is 448. The SMILES string of the molecule is CCNc1ncc([N+](=O)[O-])c(NCCC2CCC2)n1. The van der Waals surface area contributed by atoms with E-state index in [1.807, 2.05) is 6.92 Å². The summed E-state index contributed by atoms with van der Waals surface area (Å²) < 4.78 is 0. The van der Waals surface area contributed by atoms with Gasteiger partial charge in [-0.25, -0.2) is 4.98 Å². The zero-order valence-corrected chi connectivity index (χ0v) is 11.1. The summed E-state index contributed by atoms with van der Waals surface area (Å²) in [5.74, 6) is 1.48. The summed E-state index contributed by atoms with van der Waals surface area (Å²) in [6, 6.07) is 0. The summed E-state index contributed by atoms with van der Waals surface area (Å²) >= 11 is 0. The van der Waals surface area contributed by atoms with E-state index in [2.05, 4.69) is 20.6 Å². The van der Waals surface area contributed by atoms with Gasteiger partial charge in [0.25, 0.3) is 0 Å². The standard InChI is InChI=1S/C12H19N5O2/c1-2-13-12-15-8-10(17(18)19)11(16-12)14-7-6-9-4-3-5-9/h8-9H,2-7H2,1H3,(H2,13,14,15,16). The number of hydrogen-bond acceptors (Lipinski definition) is 6. The lowest BCUT2D eigenvalue weighted by Crippen LogP contribution is -2.17. The van der Waals surface area contributed by atoms with Crippen LogP contribution >= 0.6 is 0 Å². The van der Waals surface area contributed by atoms with Crippen LogP contribution in [0.5, 0.6) is 0 Å². The molecular formula is C12H19N5O2. The first kappa shape index (κ1) is 13.5. The van der Waals surface area contributed by atoms with E-state index in [1.54, 1.807) is 0 Å². The number of nitro groups is 1. The van der Waals surface area contributed by atoms with Gasteiger partial charge in [0, 0.05) is 13.1 Å². The first-order valence-corrected chi connectivity index (χ1v) is 6.70. The number of anilines is 2. The minimum Gasteiger partial charge on any atom is -0.364 e. The van der Waals surface area contributed by atoms with Gasteiger partial charge in [-0.05, 0) is 19.3 Å². The van der Waals surface area contributed by atoms with Crippen molar-refractivity contribution in [3.05, 3.63) is 16.3 Å². The molecule has 0 amide bonds. The third kappa shape index (κ3) is 3.52. The molecule has 19 heavy (non-hydrogen) atoms. The van der Waals surface area contributed by atoms with Crippen molar-refractivity contribution in [3.8, 4) is 0 Å². The molecule has 2 rings (SSSR count). The van der Waals surface area contributed by atoms with Crippen molar-refractivity contribution in [1.82, 2.24) is 9.97 Å². The molecule has 1 aromatic heterocycles. The molecule has 0 saturated heterocycles. The highest BCUT2D eigenvalue weighted by molar-refractivity contribution is 5.56. The molecule has 0 spiro atoms. The van der Waals surface area contributed by atoms with E-state index in [9.17, 15) is 10.1 Å². The summed E-state index contributed by atoms with van der Waals surface area (Å²) in [6.45, 7) is 3.32. The van der Waals surface area contributed by atoms with Crippen LogP contribution in [0.3, 0.4) is 0 Å². The number of hydrogen-bond donors (Lipinski definition) is 2. The van der Waals surface area contributed by atoms with E-state index >= 15 is 0 Å². The van der Waals surface area contributed by atoms with Crippen LogP contribution in [-0.4, -0.2) is 28.0 Å². The molecule has 1 aliphatic rings. The molecule has 0 bridgehead atoms. The second kappa shape index (κ2) is 6.31. The second-order valence-corrected chi connectivity index (χ2v) is 4.73. The van der Waals surface area contributed by atoms with Crippen molar-refractivity contribution >= 4 is 17.5 Å². The molecule has 104 valence electrons. The maximum atomic E-state index is 10.9. The van der Waals surface area contributed by atoms with Crippen molar-refractivity contribution in [3.63, 3.8) is 0 Å². The molecule has 1 heterocycles. The molecule has 2 N–H and O–H groups in total. The molecule has 1 fully saturated rings. The number of aromatic nitrogens is 2. The van der Waals surface area contributed by atoms with Gasteiger partial charge in [-0.1, -0.05) is 19.3 Å². The second-order valence-electron chi connectivity index (χ2n) is 4.73. The van der Waals surface area contributed by atoms with Crippen molar-refractivity contribution < 1.29 is 4.92 Å². The van der Waals surface area contributed by atoms with E-state index in [4.69, 9.17) is 0 Å². The van der Waals surface area contributed by atoms with Crippen molar-refractivity contribution in [2.24, 2.45) is 5.92 Å². The Morgan fingerprint density at radius 3 is 2.84 bits per heavy atom. The molecule has 0 aromatic carbocycles. The van der Waals surface area contributed by atoms with Gasteiger partial charge in [0.05, 0.1) is 4.92 Å². The lowest BCUT2D eigenvalue weighted by molar-refractivity contribution is -0.384. The van der Waals surface area contributed by atoms with E-state index in [1.165, 1.54) is 25.5 Å². The minimum atomic E-state index is -0.457. The average molecular weight is 265 g/mol. The van der Waals surface area contributed by atoms with Crippen molar-refractivity contribution in [1.29, 1.82) is 0 Å². The highest BCUT2D eigenvalue weighted by Crippen LogP contribution is 2.29. The fourth-order valence-corrected chi connectivity index (χ4v) is 2.06. The highest BCUT2D eigenvalue weighted by atomic mass is 16.6. The van der Waals surface area contributed by atoms with E-state index in [-0.39, 0.29) is 5.69 Å². The van der Waals surface area contributed by atoms with Crippen molar-refractivity contribution in [2.75, 3.05) is 23.7 Å². The summed E-state index contributed by atoms with van der Waals surface area (Å²) in [5, 5.41) is 16.9. The van der Waals surface area contributed by atoms with Gasteiger partial charge < -0.3 is 10.6 Å². The molecule has 0 unspecified atom stereocenters. The molecule has 0 atom stereocenters. The van der Waals surface area contributed by atoms with Crippen LogP contribution < -0.4 is 10.6 Å². The minimum absolute atomic E-state index is 0.0738. The number of nitrogens with zero attached hydrogens (tertiary/aromatic N) is 3. The molecule has 7 nitrogen and oxygen atoms in total. The normalized spacial score (nSPS) is 14.8. The predicted octanol–water partition coefficient (Wildman–Crippen LogP) is 2.42. The molecule has 1 saturated carbocycles. The fraction of sp³-hybridized carbons (Fsp3) is 0.667. The predicted molar refractivity (Wildman–Crippen MR) is 73.3 cm³/mol.